The minimum absolute atomic E-state index is 0.0543. The highest BCUT2D eigenvalue weighted by molar-refractivity contribution is 7.92. The number of hydrogen-bond donors (Lipinski definition) is 2. The van der Waals surface area contributed by atoms with Crippen LogP contribution < -0.4 is 14.9 Å². The first-order valence-corrected chi connectivity index (χ1v) is 11.7. The van der Waals surface area contributed by atoms with Gasteiger partial charge in [0, 0.05) is 35.6 Å². The SMILES string of the molecule is Cc1ccc(NS(=O)(=O)c2ccc(NC(=O)c3cccc(N4CCCC4=O)c3)cc2)cc1. The van der Waals surface area contributed by atoms with E-state index in [1.807, 2.05) is 19.1 Å². The monoisotopic (exact) mass is 449 g/mol. The van der Waals surface area contributed by atoms with Crippen molar-refractivity contribution >= 4 is 38.9 Å². The molecule has 0 unspecified atom stereocenters. The Kier molecular flexibility index (Phi) is 5.96. The normalized spacial score (nSPS) is 13.8. The number of carbonyl (C=O) groups excluding carboxylic acids is 2. The van der Waals surface area contributed by atoms with Crippen molar-refractivity contribution in [3.8, 4) is 0 Å². The van der Waals surface area contributed by atoms with E-state index in [9.17, 15) is 18.0 Å². The van der Waals surface area contributed by atoms with Gasteiger partial charge in [0.25, 0.3) is 15.9 Å². The fraction of sp³-hybridized carbons (Fsp3) is 0.167. The third-order valence-corrected chi connectivity index (χ3v) is 6.62. The van der Waals surface area contributed by atoms with Gasteiger partial charge >= 0.3 is 0 Å². The summed E-state index contributed by atoms with van der Waals surface area (Å²) >= 11 is 0. The maximum Gasteiger partial charge on any atom is 0.261 e. The number of rotatable bonds is 6. The van der Waals surface area contributed by atoms with Crippen molar-refractivity contribution in [3.63, 3.8) is 0 Å². The number of hydrogen-bond acceptors (Lipinski definition) is 4. The summed E-state index contributed by atoms with van der Waals surface area (Å²) in [4.78, 5) is 26.4. The van der Waals surface area contributed by atoms with Gasteiger partial charge in [-0.2, -0.15) is 0 Å². The Bertz CT molecular complexity index is 1250. The molecule has 1 saturated heterocycles. The molecular weight excluding hydrogens is 426 g/mol. The van der Waals surface area contributed by atoms with Crippen LogP contribution >= 0.6 is 0 Å². The summed E-state index contributed by atoms with van der Waals surface area (Å²) in [5.74, 6) is -0.287. The number of nitrogens with one attached hydrogen (secondary N) is 2. The van der Waals surface area contributed by atoms with Crippen molar-refractivity contribution in [1.82, 2.24) is 0 Å². The zero-order chi connectivity index (χ0) is 22.7. The number of nitrogens with zero attached hydrogens (tertiary/aromatic N) is 1. The maximum atomic E-state index is 12.7. The van der Waals surface area contributed by atoms with Crippen LogP contribution in [0.4, 0.5) is 17.1 Å². The highest BCUT2D eigenvalue weighted by Crippen LogP contribution is 2.23. The fourth-order valence-corrected chi connectivity index (χ4v) is 4.55. The minimum atomic E-state index is -3.74. The Morgan fingerprint density at radius 2 is 1.62 bits per heavy atom. The molecule has 0 atom stereocenters. The second-order valence-corrected chi connectivity index (χ2v) is 9.33. The summed E-state index contributed by atoms with van der Waals surface area (Å²) in [6.45, 7) is 2.57. The van der Waals surface area contributed by atoms with Crippen LogP contribution in [0.5, 0.6) is 0 Å². The topological polar surface area (TPSA) is 95.6 Å². The molecule has 7 nitrogen and oxygen atoms in total. The minimum Gasteiger partial charge on any atom is -0.322 e. The third kappa shape index (κ3) is 4.81. The van der Waals surface area contributed by atoms with E-state index in [-0.39, 0.29) is 16.7 Å². The van der Waals surface area contributed by atoms with Crippen LogP contribution in [0.2, 0.25) is 0 Å². The van der Waals surface area contributed by atoms with Crippen LogP contribution in [0.3, 0.4) is 0 Å². The lowest BCUT2D eigenvalue weighted by Crippen LogP contribution is -2.24. The Labute approximate surface area is 187 Å². The molecule has 4 rings (SSSR count). The second kappa shape index (κ2) is 8.84. The first-order chi connectivity index (χ1) is 15.3. The van der Waals surface area contributed by atoms with Crippen molar-refractivity contribution in [2.24, 2.45) is 0 Å². The Morgan fingerprint density at radius 3 is 2.28 bits per heavy atom. The number of aryl methyl sites for hydroxylation is 1. The molecule has 0 bridgehead atoms. The van der Waals surface area contributed by atoms with Gasteiger partial charge in [0.2, 0.25) is 5.91 Å². The molecule has 0 aromatic heterocycles. The molecule has 32 heavy (non-hydrogen) atoms. The van der Waals surface area contributed by atoms with E-state index in [0.717, 1.165) is 12.0 Å². The number of sulfonamides is 1. The lowest BCUT2D eigenvalue weighted by molar-refractivity contribution is -0.117. The van der Waals surface area contributed by atoms with Gasteiger partial charge in [-0.05, 0) is 67.9 Å². The smallest absolute Gasteiger partial charge is 0.261 e. The molecular formula is C24H23N3O4S. The van der Waals surface area contributed by atoms with Gasteiger partial charge < -0.3 is 10.2 Å². The molecule has 3 aromatic carbocycles. The van der Waals surface area contributed by atoms with Gasteiger partial charge in [-0.3, -0.25) is 14.3 Å². The molecule has 0 aliphatic carbocycles. The van der Waals surface area contributed by atoms with Crippen molar-refractivity contribution in [3.05, 3.63) is 83.9 Å². The molecule has 0 spiro atoms. The van der Waals surface area contributed by atoms with Crippen molar-refractivity contribution in [2.45, 2.75) is 24.7 Å². The molecule has 2 N–H and O–H groups in total. The Morgan fingerprint density at radius 1 is 0.938 bits per heavy atom. The summed E-state index contributed by atoms with van der Waals surface area (Å²) in [6.07, 6.45) is 1.33. The zero-order valence-corrected chi connectivity index (χ0v) is 18.4. The summed E-state index contributed by atoms with van der Waals surface area (Å²) in [5.41, 5.74) is 3.09. The van der Waals surface area contributed by atoms with Crippen LogP contribution in [0, 0.1) is 6.92 Å². The summed E-state index contributed by atoms with van der Waals surface area (Å²) in [6, 6.07) is 19.9. The zero-order valence-electron chi connectivity index (χ0n) is 17.5. The average Bonchev–Trinajstić information content (AvgIpc) is 3.21. The van der Waals surface area contributed by atoms with E-state index in [0.29, 0.717) is 35.6 Å². The molecule has 1 heterocycles. The van der Waals surface area contributed by atoms with Gasteiger partial charge in [-0.1, -0.05) is 23.8 Å². The molecule has 0 radical (unpaired) electrons. The van der Waals surface area contributed by atoms with Crippen molar-refractivity contribution in [1.29, 1.82) is 0 Å². The van der Waals surface area contributed by atoms with E-state index in [1.165, 1.54) is 24.3 Å². The van der Waals surface area contributed by atoms with E-state index in [2.05, 4.69) is 10.0 Å². The van der Waals surface area contributed by atoms with Gasteiger partial charge in [0.1, 0.15) is 0 Å². The molecule has 8 heteroatoms. The number of carbonyl (C=O) groups is 2. The molecule has 2 amide bonds. The molecule has 164 valence electrons. The molecule has 3 aromatic rings. The predicted octanol–water partition coefficient (Wildman–Crippen LogP) is 4.17. The lowest BCUT2D eigenvalue weighted by Gasteiger charge is -2.16. The molecule has 1 aliphatic heterocycles. The van der Waals surface area contributed by atoms with Crippen molar-refractivity contribution < 1.29 is 18.0 Å². The van der Waals surface area contributed by atoms with E-state index < -0.39 is 10.0 Å². The average molecular weight is 450 g/mol. The van der Waals surface area contributed by atoms with E-state index in [4.69, 9.17) is 0 Å². The number of benzene rings is 3. The number of amides is 2. The summed E-state index contributed by atoms with van der Waals surface area (Å²) in [7, 11) is -3.74. The second-order valence-electron chi connectivity index (χ2n) is 7.65. The van der Waals surface area contributed by atoms with Crippen LogP contribution in [0.15, 0.2) is 77.7 Å². The molecule has 0 saturated carbocycles. The largest absolute Gasteiger partial charge is 0.322 e. The van der Waals surface area contributed by atoms with Gasteiger partial charge in [0.15, 0.2) is 0 Å². The van der Waals surface area contributed by atoms with Gasteiger partial charge in [-0.25, -0.2) is 8.42 Å². The summed E-state index contributed by atoms with van der Waals surface area (Å²) < 4.78 is 27.7. The number of anilines is 3. The van der Waals surface area contributed by atoms with E-state index in [1.54, 1.807) is 41.3 Å². The van der Waals surface area contributed by atoms with Crippen LogP contribution in [-0.2, 0) is 14.8 Å². The van der Waals surface area contributed by atoms with Crippen LogP contribution in [0.25, 0.3) is 0 Å². The maximum absolute atomic E-state index is 12.7. The molecule has 1 aliphatic rings. The van der Waals surface area contributed by atoms with Crippen LogP contribution in [-0.4, -0.2) is 26.8 Å². The van der Waals surface area contributed by atoms with Crippen LogP contribution in [0.1, 0.15) is 28.8 Å². The standard InChI is InChI=1S/C24H23N3O4S/c1-17-7-9-20(10-8-17)26-32(30,31)22-13-11-19(12-14-22)25-24(29)18-4-2-5-21(16-18)27-15-3-6-23(27)28/h2,4-5,7-14,16,26H,3,6,15H2,1H3,(H,25,29). The Hall–Kier alpha value is -3.65. The van der Waals surface area contributed by atoms with Crippen molar-refractivity contribution in [2.75, 3.05) is 21.5 Å². The summed E-state index contributed by atoms with van der Waals surface area (Å²) in [5, 5.41) is 2.76. The third-order valence-electron chi connectivity index (χ3n) is 5.22. The highest BCUT2D eigenvalue weighted by atomic mass is 32.2. The first-order valence-electron chi connectivity index (χ1n) is 10.2. The Balaban J connectivity index is 1.45. The van der Waals surface area contributed by atoms with Gasteiger partial charge in [-0.15, -0.1) is 0 Å². The highest BCUT2D eigenvalue weighted by Gasteiger charge is 2.22. The first kappa shape index (κ1) is 21.6. The van der Waals surface area contributed by atoms with E-state index >= 15 is 0 Å². The quantitative estimate of drug-likeness (QED) is 0.590. The predicted molar refractivity (Wildman–Crippen MR) is 124 cm³/mol. The lowest BCUT2D eigenvalue weighted by atomic mass is 10.1. The van der Waals surface area contributed by atoms with Gasteiger partial charge in [0.05, 0.1) is 4.90 Å². The fourth-order valence-electron chi connectivity index (χ4n) is 3.49. The molecule has 1 fully saturated rings.